The number of amides is 1. The number of aromatic nitrogens is 1. The average molecular weight is 310 g/mol. The van der Waals surface area contributed by atoms with Gasteiger partial charge in [-0.15, -0.1) is 0 Å². The number of carbonyl (C=O) groups is 1. The molecule has 1 aromatic heterocycles. The van der Waals surface area contributed by atoms with Crippen LogP contribution >= 0.6 is 11.3 Å². The Bertz CT molecular complexity index is 493. The maximum atomic E-state index is 12.2. The molecule has 3 N–H and O–H groups in total. The minimum Gasteiger partial charge on any atom is -0.382 e. The molecule has 1 atom stereocenters. The summed E-state index contributed by atoms with van der Waals surface area (Å²) < 4.78 is 5.61. The Balaban J connectivity index is 1.58. The van der Waals surface area contributed by atoms with E-state index in [0.717, 1.165) is 37.7 Å². The van der Waals surface area contributed by atoms with Gasteiger partial charge < -0.3 is 20.7 Å². The van der Waals surface area contributed by atoms with Crippen LogP contribution in [0.1, 0.15) is 41.8 Å². The lowest BCUT2D eigenvalue weighted by Crippen LogP contribution is -2.35. The van der Waals surface area contributed by atoms with Crippen molar-refractivity contribution in [2.45, 2.75) is 38.2 Å². The van der Waals surface area contributed by atoms with Crippen LogP contribution in [0.4, 0.5) is 10.9 Å². The molecule has 2 fully saturated rings. The number of nitrogens with zero attached hydrogens (tertiary/aromatic N) is 2. The van der Waals surface area contributed by atoms with Crippen LogP contribution in [0.25, 0.3) is 0 Å². The summed E-state index contributed by atoms with van der Waals surface area (Å²) in [5.41, 5.74) is 5.90. The van der Waals surface area contributed by atoms with Crippen molar-refractivity contribution >= 4 is 28.2 Å². The largest absolute Gasteiger partial charge is 0.382 e. The van der Waals surface area contributed by atoms with Gasteiger partial charge in [0.05, 0.1) is 6.10 Å². The van der Waals surface area contributed by atoms with Gasteiger partial charge in [-0.3, -0.25) is 4.79 Å². The maximum Gasteiger partial charge on any atom is 0.265 e. The van der Waals surface area contributed by atoms with E-state index in [4.69, 9.17) is 10.5 Å². The van der Waals surface area contributed by atoms with Crippen molar-refractivity contribution in [3.8, 4) is 0 Å². The Morgan fingerprint density at radius 1 is 1.38 bits per heavy atom. The van der Waals surface area contributed by atoms with E-state index in [-0.39, 0.29) is 12.0 Å². The highest BCUT2D eigenvalue weighted by Gasteiger charge is 2.22. The van der Waals surface area contributed by atoms with Crippen molar-refractivity contribution in [1.82, 2.24) is 10.3 Å². The lowest BCUT2D eigenvalue weighted by molar-refractivity contribution is 0.0169. The molecule has 0 saturated carbocycles. The smallest absolute Gasteiger partial charge is 0.265 e. The number of carbonyl (C=O) groups excluding carboxylic acids is 1. The van der Waals surface area contributed by atoms with E-state index < -0.39 is 0 Å². The molecule has 1 unspecified atom stereocenters. The summed E-state index contributed by atoms with van der Waals surface area (Å²) in [6.07, 6.45) is 5.79. The summed E-state index contributed by atoms with van der Waals surface area (Å²) in [7, 11) is 0. The first kappa shape index (κ1) is 14.6. The standard InChI is InChI=1S/C14H22N4O2S/c15-12-11(21-14(17-12)18-6-2-3-7-18)13(19)16-9-10-5-1-4-8-20-10/h10H,1-9,15H2,(H,16,19). The van der Waals surface area contributed by atoms with Gasteiger partial charge in [-0.25, -0.2) is 4.98 Å². The first-order valence-electron chi connectivity index (χ1n) is 7.65. The highest BCUT2D eigenvalue weighted by atomic mass is 32.1. The van der Waals surface area contributed by atoms with Gasteiger partial charge >= 0.3 is 0 Å². The molecular formula is C14H22N4O2S. The fourth-order valence-corrected chi connectivity index (χ4v) is 3.74. The Hall–Kier alpha value is -1.34. The molecule has 116 valence electrons. The molecule has 2 aliphatic heterocycles. The number of ether oxygens (including phenoxy) is 1. The van der Waals surface area contributed by atoms with Crippen LogP contribution in [0.5, 0.6) is 0 Å². The number of nitrogen functional groups attached to an aromatic ring is 1. The van der Waals surface area contributed by atoms with Crippen molar-refractivity contribution in [3.05, 3.63) is 4.88 Å². The molecule has 7 heteroatoms. The molecule has 6 nitrogen and oxygen atoms in total. The summed E-state index contributed by atoms with van der Waals surface area (Å²) in [5.74, 6) is 0.202. The van der Waals surface area contributed by atoms with Crippen LogP contribution in [0, 0.1) is 0 Å². The van der Waals surface area contributed by atoms with Crippen molar-refractivity contribution < 1.29 is 9.53 Å². The number of hydrogen-bond donors (Lipinski definition) is 2. The molecular weight excluding hydrogens is 288 g/mol. The monoisotopic (exact) mass is 310 g/mol. The highest BCUT2D eigenvalue weighted by molar-refractivity contribution is 7.18. The van der Waals surface area contributed by atoms with Crippen LogP contribution in [0.2, 0.25) is 0 Å². The van der Waals surface area contributed by atoms with Gasteiger partial charge in [-0.2, -0.15) is 0 Å². The topological polar surface area (TPSA) is 80.5 Å². The molecule has 21 heavy (non-hydrogen) atoms. The van der Waals surface area contributed by atoms with E-state index in [1.807, 2.05) is 0 Å². The van der Waals surface area contributed by atoms with Crippen molar-refractivity contribution in [2.75, 3.05) is 36.9 Å². The molecule has 0 radical (unpaired) electrons. The van der Waals surface area contributed by atoms with Gasteiger partial charge in [0, 0.05) is 26.2 Å². The second kappa shape index (κ2) is 6.62. The van der Waals surface area contributed by atoms with Gasteiger partial charge in [-0.05, 0) is 32.1 Å². The SMILES string of the molecule is Nc1nc(N2CCCC2)sc1C(=O)NCC1CCCCO1. The van der Waals surface area contributed by atoms with Gasteiger partial charge in [-0.1, -0.05) is 11.3 Å². The zero-order valence-electron chi connectivity index (χ0n) is 12.1. The molecule has 0 aliphatic carbocycles. The molecule has 3 heterocycles. The normalized spacial score (nSPS) is 22.5. The first-order valence-corrected chi connectivity index (χ1v) is 8.47. The second-order valence-corrected chi connectivity index (χ2v) is 6.58. The number of hydrogen-bond acceptors (Lipinski definition) is 6. The third-order valence-electron chi connectivity index (χ3n) is 3.99. The number of nitrogens with one attached hydrogen (secondary N) is 1. The Morgan fingerprint density at radius 2 is 2.19 bits per heavy atom. The number of anilines is 2. The first-order chi connectivity index (χ1) is 10.2. The highest BCUT2D eigenvalue weighted by Crippen LogP contribution is 2.30. The third kappa shape index (κ3) is 3.47. The summed E-state index contributed by atoms with van der Waals surface area (Å²) in [4.78, 5) is 19.3. The molecule has 2 aliphatic rings. The van der Waals surface area contributed by atoms with Crippen molar-refractivity contribution in [3.63, 3.8) is 0 Å². The lowest BCUT2D eigenvalue weighted by atomic mass is 10.1. The van der Waals surface area contributed by atoms with Gasteiger partial charge in [0.25, 0.3) is 5.91 Å². The fourth-order valence-electron chi connectivity index (χ4n) is 2.78. The second-order valence-electron chi connectivity index (χ2n) is 5.60. The molecule has 2 saturated heterocycles. The summed E-state index contributed by atoms with van der Waals surface area (Å²) >= 11 is 1.39. The van der Waals surface area contributed by atoms with E-state index >= 15 is 0 Å². The molecule has 1 aromatic rings. The van der Waals surface area contributed by atoms with Gasteiger partial charge in [0.15, 0.2) is 5.13 Å². The van der Waals surface area contributed by atoms with E-state index in [1.54, 1.807) is 0 Å². The van der Waals surface area contributed by atoms with E-state index in [9.17, 15) is 4.79 Å². The minimum absolute atomic E-state index is 0.134. The van der Waals surface area contributed by atoms with Crippen LogP contribution < -0.4 is 16.0 Å². The van der Waals surface area contributed by atoms with Gasteiger partial charge in [0.2, 0.25) is 0 Å². The number of rotatable bonds is 4. The summed E-state index contributed by atoms with van der Waals surface area (Å²) in [5, 5.41) is 3.79. The molecule has 1 amide bonds. The van der Waals surface area contributed by atoms with Crippen molar-refractivity contribution in [1.29, 1.82) is 0 Å². The summed E-state index contributed by atoms with van der Waals surface area (Å²) in [6, 6.07) is 0. The van der Waals surface area contributed by atoms with Crippen LogP contribution in [0.3, 0.4) is 0 Å². The van der Waals surface area contributed by atoms with Crippen molar-refractivity contribution in [2.24, 2.45) is 0 Å². The van der Waals surface area contributed by atoms with Crippen LogP contribution in [-0.4, -0.2) is 43.2 Å². The molecule has 0 aromatic carbocycles. The quantitative estimate of drug-likeness (QED) is 0.883. The average Bonchev–Trinajstić information content (AvgIpc) is 3.15. The summed E-state index contributed by atoms with van der Waals surface area (Å²) in [6.45, 7) is 3.35. The maximum absolute atomic E-state index is 12.2. The Labute approximate surface area is 128 Å². The molecule has 0 bridgehead atoms. The Morgan fingerprint density at radius 3 is 2.90 bits per heavy atom. The Kier molecular flexibility index (Phi) is 4.60. The minimum atomic E-state index is -0.135. The molecule has 3 rings (SSSR count). The number of thiazole rings is 1. The predicted octanol–water partition coefficient (Wildman–Crippen LogP) is 1.62. The predicted molar refractivity (Wildman–Crippen MR) is 83.9 cm³/mol. The van der Waals surface area contributed by atoms with E-state index in [1.165, 1.54) is 30.6 Å². The van der Waals surface area contributed by atoms with Gasteiger partial charge in [0.1, 0.15) is 10.7 Å². The lowest BCUT2D eigenvalue weighted by Gasteiger charge is -2.22. The van der Waals surface area contributed by atoms with Crippen LogP contribution in [-0.2, 0) is 4.74 Å². The third-order valence-corrected chi connectivity index (χ3v) is 5.12. The zero-order valence-corrected chi connectivity index (χ0v) is 13.0. The zero-order chi connectivity index (χ0) is 14.7. The fraction of sp³-hybridized carbons (Fsp3) is 0.714. The van der Waals surface area contributed by atoms with E-state index in [2.05, 4.69) is 15.2 Å². The molecule has 0 spiro atoms. The van der Waals surface area contributed by atoms with E-state index in [0.29, 0.717) is 17.2 Å². The van der Waals surface area contributed by atoms with Crippen LogP contribution in [0.15, 0.2) is 0 Å². The number of nitrogens with two attached hydrogens (primary N) is 1.